The predicted molar refractivity (Wildman–Crippen MR) is 105 cm³/mol. The molecule has 0 N–H and O–H groups in total. The van der Waals surface area contributed by atoms with Crippen LogP contribution in [0.5, 0.6) is 11.5 Å². The topological polar surface area (TPSA) is 42.0 Å². The molecular weight excluding hydrogens is 364 g/mol. The van der Waals surface area contributed by atoms with Crippen LogP contribution in [0.15, 0.2) is 48.5 Å². The molecule has 140 valence electrons. The fraction of sp³-hybridized carbons (Fsp3) is 0.286. The normalized spacial score (nSPS) is 16.9. The van der Waals surface area contributed by atoms with Gasteiger partial charge in [-0.15, -0.1) is 0 Å². The summed E-state index contributed by atoms with van der Waals surface area (Å²) in [5.41, 5.74) is 2.05. The first-order valence-corrected chi connectivity index (χ1v) is 9.39. The second-order valence-electron chi connectivity index (χ2n) is 6.64. The van der Waals surface area contributed by atoms with Crippen LogP contribution in [-0.4, -0.2) is 48.7 Å². The van der Waals surface area contributed by atoms with Crippen LogP contribution in [-0.2, 0) is 11.3 Å². The van der Waals surface area contributed by atoms with E-state index in [-0.39, 0.29) is 5.91 Å². The molecule has 2 aromatic rings. The van der Waals surface area contributed by atoms with Crippen molar-refractivity contribution >= 4 is 23.6 Å². The Labute approximate surface area is 163 Å². The SMILES string of the molecule is O=C(C=Cc1ccccc1Cl)N1CCN(Cc2ccc3c(c2)OCO3)CC1. The Morgan fingerprint density at radius 2 is 1.81 bits per heavy atom. The third kappa shape index (κ3) is 4.26. The van der Waals surface area contributed by atoms with Gasteiger partial charge in [0.05, 0.1) is 0 Å². The van der Waals surface area contributed by atoms with Gasteiger partial charge in [-0.2, -0.15) is 0 Å². The van der Waals surface area contributed by atoms with Crippen LogP contribution in [0, 0.1) is 0 Å². The molecule has 0 atom stereocenters. The summed E-state index contributed by atoms with van der Waals surface area (Å²) in [6.45, 7) is 4.27. The Hall–Kier alpha value is -2.50. The number of nitrogens with zero attached hydrogens (tertiary/aromatic N) is 2. The maximum atomic E-state index is 12.4. The standard InChI is InChI=1S/C21H21ClN2O3/c22-18-4-2-1-3-17(18)6-8-21(25)24-11-9-23(10-12-24)14-16-5-7-19-20(13-16)27-15-26-19/h1-8,13H,9-12,14-15H2. The van der Waals surface area contributed by atoms with Gasteiger partial charge in [0.25, 0.3) is 0 Å². The lowest BCUT2D eigenvalue weighted by atomic mass is 10.1. The van der Waals surface area contributed by atoms with Crippen molar-refractivity contribution in [1.82, 2.24) is 9.80 Å². The molecule has 2 aliphatic heterocycles. The Bertz CT molecular complexity index is 860. The molecule has 0 spiro atoms. The van der Waals surface area contributed by atoms with Crippen molar-refractivity contribution in [1.29, 1.82) is 0 Å². The smallest absolute Gasteiger partial charge is 0.246 e. The van der Waals surface area contributed by atoms with Crippen molar-refractivity contribution in [3.63, 3.8) is 0 Å². The average molecular weight is 385 g/mol. The van der Waals surface area contributed by atoms with Gasteiger partial charge in [0.2, 0.25) is 12.7 Å². The molecule has 1 amide bonds. The van der Waals surface area contributed by atoms with Gasteiger partial charge in [-0.1, -0.05) is 35.9 Å². The summed E-state index contributed by atoms with van der Waals surface area (Å²) in [6, 6.07) is 13.6. The minimum Gasteiger partial charge on any atom is -0.454 e. The Balaban J connectivity index is 1.29. The molecular formula is C21H21ClN2O3. The first-order valence-electron chi connectivity index (χ1n) is 9.01. The maximum absolute atomic E-state index is 12.4. The van der Waals surface area contributed by atoms with E-state index in [2.05, 4.69) is 11.0 Å². The van der Waals surface area contributed by atoms with Crippen molar-refractivity contribution in [2.24, 2.45) is 0 Å². The van der Waals surface area contributed by atoms with Gasteiger partial charge < -0.3 is 14.4 Å². The number of benzene rings is 2. The predicted octanol–water partition coefficient (Wildman–Crippen LogP) is 3.43. The van der Waals surface area contributed by atoms with Crippen LogP contribution in [0.4, 0.5) is 0 Å². The number of amides is 1. The molecule has 27 heavy (non-hydrogen) atoms. The molecule has 0 saturated carbocycles. The lowest BCUT2D eigenvalue weighted by Crippen LogP contribution is -2.47. The second-order valence-corrected chi connectivity index (χ2v) is 7.05. The number of hydrogen-bond donors (Lipinski definition) is 0. The summed E-state index contributed by atoms with van der Waals surface area (Å²) in [5, 5.41) is 0.648. The van der Waals surface area contributed by atoms with E-state index in [0.29, 0.717) is 11.8 Å². The number of ether oxygens (including phenoxy) is 2. The summed E-state index contributed by atoms with van der Waals surface area (Å²) in [5.74, 6) is 1.64. The fourth-order valence-electron chi connectivity index (χ4n) is 3.30. The number of carbonyl (C=O) groups excluding carboxylic acids is 1. The van der Waals surface area contributed by atoms with E-state index in [1.165, 1.54) is 5.56 Å². The van der Waals surface area contributed by atoms with E-state index < -0.39 is 0 Å². The van der Waals surface area contributed by atoms with Gasteiger partial charge in [-0.3, -0.25) is 9.69 Å². The molecule has 0 radical (unpaired) electrons. The van der Waals surface area contributed by atoms with Gasteiger partial charge in [-0.05, 0) is 35.4 Å². The Morgan fingerprint density at radius 1 is 1.04 bits per heavy atom. The van der Waals surface area contributed by atoms with E-state index >= 15 is 0 Å². The highest BCUT2D eigenvalue weighted by Gasteiger charge is 2.20. The summed E-state index contributed by atoms with van der Waals surface area (Å²) in [7, 11) is 0. The highest BCUT2D eigenvalue weighted by atomic mass is 35.5. The molecule has 0 bridgehead atoms. The molecule has 4 rings (SSSR count). The fourth-order valence-corrected chi connectivity index (χ4v) is 3.50. The summed E-state index contributed by atoms with van der Waals surface area (Å²) in [4.78, 5) is 16.6. The van der Waals surface area contributed by atoms with Gasteiger partial charge in [0.1, 0.15) is 0 Å². The van der Waals surface area contributed by atoms with Crippen molar-refractivity contribution in [3.8, 4) is 11.5 Å². The van der Waals surface area contributed by atoms with E-state index in [1.807, 2.05) is 41.3 Å². The number of hydrogen-bond acceptors (Lipinski definition) is 4. The minimum atomic E-state index is 0.0256. The minimum absolute atomic E-state index is 0.0256. The first kappa shape index (κ1) is 17.9. The van der Waals surface area contributed by atoms with Crippen molar-refractivity contribution < 1.29 is 14.3 Å². The highest BCUT2D eigenvalue weighted by Crippen LogP contribution is 2.32. The molecule has 6 heteroatoms. The molecule has 2 aliphatic rings. The number of halogens is 1. The lowest BCUT2D eigenvalue weighted by molar-refractivity contribution is -0.127. The molecule has 2 aromatic carbocycles. The maximum Gasteiger partial charge on any atom is 0.246 e. The Kier molecular flexibility index (Phi) is 5.32. The zero-order valence-corrected chi connectivity index (χ0v) is 15.7. The van der Waals surface area contributed by atoms with Crippen molar-refractivity contribution in [2.45, 2.75) is 6.54 Å². The van der Waals surface area contributed by atoms with Gasteiger partial charge in [0.15, 0.2) is 11.5 Å². The second kappa shape index (κ2) is 8.03. The number of piperazine rings is 1. The van der Waals surface area contributed by atoms with Crippen LogP contribution < -0.4 is 9.47 Å². The highest BCUT2D eigenvalue weighted by molar-refractivity contribution is 6.32. The number of fused-ring (bicyclic) bond motifs is 1. The lowest BCUT2D eigenvalue weighted by Gasteiger charge is -2.34. The summed E-state index contributed by atoms with van der Waals surface area (Å²) in [6.07, 6.45) is 3.39. The van der Waals surface area contributed by atoms with E-state index in [4.69, 9.17) is 21.1 Å². The quantitative estimate of drug-likeness (QED) is 0.757. The molecule has 5 nitrogen and oxygen atoms in total. The average Bonchev–Trinajstić information content (AvgIpc) is 3.15. The largest absolute Gasteiger partial charge is 0.454 e. The van der Waals surface area contributed by atoms with Crippen LogP contribution in [0.1, 0.15) is 11.1 Å². The molecule has 0 aliphatic carbocycles. The van der Waals surface area contributed by atoms with Crippen LogP contribution in [0.2, 0.25) is 5.02 Å². The third-order valence-electron chi connectivity index (χ3n) is 4.84. The number of carbonyl (C=O) groups is 1. The van der Waals surface area contributed by atoms with Crippen LogP contribution in [0.3, 0.4) is 0 Å². The monoisotopic (exact) mass is 384 g/mol. The van der Waals surface area contributed by atoms with Crippen molar-refractivity contribution in [2.75, 3.05) is 33.0 Å². The van der Waals surface area contributed by atoms with Crippen molar-refractivity contribution in [3.05, 3.63) is 64.7 Å². The third-order valence-corrected chi connectivity index (χ3v) is 5.18. The van der Waals surface area contributed by atoms with Crippen LogP contribution >= 0.6 is 11.6 Å². The zero-order valence-electron chi connectivity index (χ0n) is 14.9. The first-order chi connectivity index (χ1) is 13.2. The van der Waals surface area contributed by atoms with Gasteiger partial charge >= 0.3 is 0 Å². The molecule has 2 heterocycles. The number of rotatable bonds is 4. The summed E-state index contributed by atoms with van der Waals surface area (Å²) < 4.78 is 10.8. The summed E-state index contributed by atoms with van der Waals surface area (Å²) >= 11 is 6.13. The van der Waals surface area contributed by atoms with E-state index in [0.717, 1.165) is 49.8 Å². The molecule has 0 aromatic heterocycles. The van der Waals surface area contributed by atoms with E-state index in [1.54, 1.807) is 12.2 Å². The Morgan fingerprint density at radius 3 is 2.63 bits per heavy atom. The van der Waals surface area contributed by atoms with Gasteiger partial charge in [0, 0.05) is 43.8 Å². The molecule has 1 fully saturated rings. The van der Waals surface area contributed by atoms with E-state index in [9.17, 15) is 4.79 Å². The van der Waals surface area contributed by atoms with Gasteiger partial charge in [-0.25, -0.2) is 0 Å². The van der Waals surface area contributed by atoms with Crippen LogP contribution in [0.25, 0.3) is 6.08 Å². The zero-order chi connectivity index (χ0) is 18.6. The molecule has 0 unspecified atom stereocenters. The molecule has 1 saturated heterocycles.